The molecule has 0 saturated carbocycles. The molecule has 0 amide bonds. The second kappa shape index (κ2) is 10.2. The Morgan fingerprint density at radius 1 is 0.868 bits per heavy atom. The van der Waals surface area contributed by atoms with Gasteiger partial charge in [0.05, 0.1) is 12.0 Å². The Balaban J connectivity index is 1.41. The van der Waals surface area contributed by atoms with Crippen molar-refractivity contribution >= 4 is 22.5 Å². The van der Waals surface area contributed by atoms with E-state index in [1.54, 1.807) is 6.33 Å². The average Bonchev–Trinajstić information content (AvgIpc) is 3.35. The van der Waals surface area contributed by atoms with E-state index in [2.05, 4.69) is 101 Å². The van der Waals surface area contributed by atoms with Crippen LogP contribution in [0.1, 0.15) is 19.4 Å². The summed E-state index contributed by atoms with van der Waals surface area (Å²) in [5, 5.41) is 1.09. The van der Waals surface area contributed by atoms with Crippen molar-refractivity contribution in [2.24, 2.45) is 0 Å². The van der Waals surface area contributed by atoms with Crippen LogP contribution in [0.15, 0.2) is 91.4 Å². The third kappa shape index (κ3) is 4.47. The van der Waals surface area contributed by atoms with Crippen LogP contribution < -0.4 is 14.5 Å². The van der Waals surface area contributed by atoms with E-state index in [1.807, 2.05) is 19.1 Å². The van der Waals surface area contributed by atoms with Gasteiger partial charge in [0.1, 0.15) is 17.9 Å². The number of benzene rings is 3. The highest BCUT2D eigenvalue weighted by atomic mass is 16.5. The van der Waals surface area contributed by atoms with Crippen molar-refractivity contribution in [1.82, 2.24) is 14.5 Å². The molecular weight excluding hydrogens is 470 g/mol. The Bertz CT molecular complexity index is 1530. The average molecular weight is 504 g/mol. The monoisotopic (exact) mass is 503 g/mol. The molecule has 192 valence electrons. The summed E-state index contributed by atoms with van der Waals surface area (Å²) in [5.41, 5.74) is 6.81. The lowest BCUT2D eigenvalue weighted by molar-refractivity contribution is 0.340. The topological polar surface area (TPSA) is 46.4 Å². The zero-order valence-corrected chi connectivity index (χ0v) is 22.2. The van der Waals surface area contributed by atoms with Crippen molar-refractivity contribution in [2.45, 2.75) is 26.8 Å². The van der Waals surface area contributed by atoms with E-state index in [4.69, 9.17) is 14.7 Å². The number of hydrogen-bond acceptors (Lipinski definition) is 5. The molecule has 1 fully saturated rings. The van der Waals surface area contributed by atoms with Gasteiger partial charge in [-0.15, -0.1) is 0 Å². The van der Waals surface area contributed by atoms with Crippen LogP contribution >= 0.6 is 0 Å². The summed E-state index contributed by atoms with van der Waals surface area (Å²) in [6, 6.07) is 27.9. The maximum Gasteiger partial charge on any atom is 0.150 e. The molecule has 1 aliphatic rings. The molecular formula is C32H33N5O. The molecule has 0 spiro atoms. The Morgan fingerprint density at radius 3 is 2.32 bits per heavy atom. The molecule has 1 aliphatic heterocycles. The molecule has 0 bridgehead atoms. The highest BCUT2D eigenvalue weighted by Crippen LogP contribution is 2.37. The number of ether oxygens (including phenoxy) is 1. The van der Waals surface area contributed by atoms with Crippen molar-refractivity contribution in [3.05, 3.63) is 97.0 Å². The first-order valence-corrected chi connectivity index (χ1v) is 13.4. The normalized spacial score (nSPS) is 15.7. The lowest BCUT2D eigenvalue weighted by Gasteiger charge is -2.42. The van der Waals surface area contributed by atoms with E-state index >= 15 is 0 Å². The predicted octanol–water partition coefficient (Wildman–Crippen LogP) is 6.51. The lowest BCUT2D eigenvalue weighted by atomic mass is 10.1. The van der Waals surface area contributed by atoms with Crippen LogP contribution in [0.25, 0.3) is 27.8 Å². The number of fused-ring (bicyclic) bond motifs is 1. The largest absolute Gasteiger partial charge is 0.494 e. The fourth-order valence-electron chi connectivity index (χ4n) is 5.46. The highest BCUT2D eigenvalue weighted by Gasteiger charge is 2.28. The standard InChI is InChI=1S/C32H33N5O/c1-4-38-28-16-14-27(15-17-28)37-21-29(25-8-6-5-7-9-25)30-31(33-22-34-32(30)37)35-18-19-36(24(3)20-35)26-12-10-23(2)11-13-26/h5-17,21-22,24H,4,18-20H2,1-3H3/t24-/m1/s1. The van der Waals surface area contributed by atoms with Crippen molar-refractivity contribution in [3.8, 4) is 22.6 Å². The SMILES string of the molecule is CCOc1ccc(-n2cc(-c3ccccc3)c3c(N4CCN(c5ccc(C)cc5)[C@H](C)C4)ncnc32)cc1. The molecule has 0 unspecified atom stereocenters. The van der Waals surface area contributed by atoms with Crippen molar-refractivity contribution in [2.75, 3.05) is 36.0 Å². The number of hydrogen-bond donors (Lipinski definition) is 0. The van der Waals surface area contributed by atoms with Crippen molar-refractivity contribution < 1.29 is 4.74 Å². The molecule has 0 aliphatic carbocycles. The van der Waals surface area contributed by atoms with E-state index in [0.29, 0.717) is 12.6 Å². The van der Waals surface area contributed by atoms with Gasteiger partial charge in [-0.25, -0.2) is 9.97 Å². The third-order valence-corrected chi connectivity index (χ3v) is 7.37. The van der Waals surface area contributed by atoms with Gasteiger partial charge in [-0.05, 0) is 62.7 Å². The van der Waals surface area contributed by atoms with Crippen LogP contribution in [0.3, 0.4) is 0 Å². The van der Waals surface area contributed by atoms with E-state index in [9.17, 15) is 0 Å². The molecule has 0 radical (unpaired) electrons. The zero-order valence-electron chi connectivity index (χ0n) is 22.2. The molecule has 38 heavy (non-hydrogen) atoms. The number of piperazine rings is 1. The molecule has 2 aromatic heterocycles. The summed E-state index contributed by atoms with van der Waals surface area (Å²) >= 11 is 0. The van der Waals surface area contributed by atoms with Crippen molar-refractivity contribution in [3.63, 3.8) is 0 Å². The Morgan fingerprint density at radius 2 is 1.61 bits per heavy atom. The smallest absolute Gasteiger partial charge is 0.150 e. The first-order chi connectivity index (χ1) is 18.6. The third-order valence-electron chi connectivity index (χ3n) is 7.37. The Kier molecular flexibility index (Phi) is 6.46. The van der Waals surface area contributed by atoms with Gasteiger partial charge in [0.15, 0.2) is 5.65 Å². The van der Waals surface area contributed by atoms with E-state index in [0.717, 1.165) is 59.0 Å². The van der Waals surface area contributed by atoms with Crippen molar-refractivity contribution in [1.29, 1.82) is 0 Å². The molecule has 1 atom stereocenters. The summed E-state index contributed by atoms with van der Waals surface area (Å²) in [4.78, 5) is 14.6. The van der Waals surface area contributed by atoms with Gasteiger partial charge in [0.25, 0.3) is 0 Å². The van der Waals surface area contributed by atoms with Gasteiger partial charge in [0.2, 0.25) is 0 Å². The van der Waals surface area contributed by atoms with Crippen LogP contribution in [-0.4, -0.2) is 46.8 Å². The molecule has 0 N–H and O–H groups in total. The zero-order chi connectivity index (χ0) is 26.1. The molecule has 3 aromatic carbocycles. The van der Waals surface area contributed by atoms with Crippen LogP contribution in [-0.2, 0) is 0 Å². The lowest BCUT2D eigenvalue weighted by Crippen LogP contribution is -2.52. The first kappa shape index (κ1) is 24.0. The summed E-state index contributed by atoms with van der Waals surface area (Å²) in [5.74, 6) is 1.86. The maximum absolute atomic E-state index is 5.67. The molecule has 3 heterocycles. The molecule has 6 rings (SSSR count). The molecule has 6 nitrogen and oxygen atoms in total. The fraction of sp³-hybridized carbons (Fsp3) is 0.250. The van der Waals surface area contributed by atoms with E-state index in [1.165, 1.54) is 11.3 Å². The predicted molar refractivity (Wildman–Crippen MR) is 156 cm³/mol. The minimum Gasteiger partial charge on any atom is -0.494 e. The Labute approximate surface area is 224 Å². The number of aryl methyl sites for hydroxylation is 1. The van der Waals surface area contributed by atoms with Crippen LogP contribution in [0.5, 0.6) is 5.75 Å². The summed E-state index contributed by atoms with van der Waals surface area (Å²) < 4.78 is 7.84. The molecule has 1 saturated heterocycles. The van der Waals surface area contributed by atoms with Gasteiger partial charge in [-0.3, -0.25) is 0 Å². The number of nitrogens with zero attached hydrogens (tertiary/aromatic N) is 5. The minimum absolute atomic E-state index is 0.352. The fourth-order valence-corrected chi connectivity index (χ4v) is 5.46. The van der Waals surface area contributed by atoms with Gasteiger partial charge in [0, 0.05) is 48.8 Å². The van der Waals surface area contributed by atoms with Crippen LogP contribution in [0.4, 0.5) is 11.5 Å². The van der Waals surface area contributed by atoms with E-state index < -0.39 is 0 Å². The van der Waals surface area contributed by atoms with Gasteiger partial charge >= 0.3 is 0 Å². The highest BCUT2D eigenvalue weighted by molar-refractivity contribution is 6.02. The van der Waals surface area contributed by atoms with Gasteiger partial charge in [-0.2, -0.15) is 0 Å². The minimum atomic E-state index is 0.352. The summed E-state index contributed by atoms with van der Waals surface area (Å²) in [6.07, 6.45) is 3.90. The second-order valence-corrected chi connectivity index (χ2v) is 9.93. The Hall–Kier alpha value is -4.32. The number of rotatable bonds is 6. The second-order valence-electron chi connectivity index (χ2n) is 9.93. The summed E-state index contributed by atoms with van der Waals surface area (Å²) in [7, 11) is 0. The number of anilines is 2. The molecule has 5 aromatic rings. The van der Waals surface area contributed by atoms with Crippen LogP contribution in [0, 0.1) is 6.92 Å². The van der Waals surface area contributed by atoms with E-state index in [-0.39, 0.29) is 0 Å². The first-order valence-electron chi connectivity index (χ1n) is 13.4. The summed E-state index contributed by atoms with van der Waals surface area (Å²) in [6.45, 7) is 9.81. The maximum atomic E-state index is 5.67. The van der Waals surface area contributed by atoms with Gasteiger partial charge in [-0.1, -0.05) is 48.0 Å². The van der Waals surface area contributed by atoms with Gasteiger partial charge < -0.3 is 19.1 Å². The molecule has 6 heteroatoms. The number of aromatic nitrogens is 3. The quantitative estimate of drug-likeness (QED) is 0.264. The van der Waals surface area contributed by atoms with Crippen LogP contribution in [0.2, 0.25) is 0 Å².